The maximum Gasteiger partial charge on any atom is 0.160 e. The molecule has 0 bridgehead atoms. The van der Waals surface area contributed by atoms with E-state index in [0.29, 0.717) is 5.75 Å². The number of hydrogen-bond donors (Lipinski definition) is 4. The summed E-state index contributed by atoms with van der Waals surface area (Å²) < 4.78 is 5.20. The molecule has 1 aliphatic heterocycles. The molecule has 2 aromatic carbocycles. The van der Waals surface area contributed by atoms with Crippen molar-refractivity contribution in [1.29, 1.82) is 0 Å². The standard InChI is InChI=1S/C18H21NO4/c1-19-6-5-12-9-18(23-2)17(22)10-13(12)14(19)7-11-3-4-15(20)16(21)8-11/h3-4,8-10,14,20-22H,5-7H2,1-2H3/p+1/t14-/m0/s1. The number of fused-ring (bicyclic) bond motifs is 1. The van der Waals surface area contributed by atoms with Crippen LogP contribution in [0.5, 0.6) is 23.0 Å². The smallest absolute Gasteiger partial charge is 0.160 e. The average molecular weight is 316 g/mol. The number of phenols is 3. The minimum Gasteiger partial charge on any atom is -0.504 e. The molecular formula is C18H22NO4+. The number of rotatable bonds is 3. The van der Waals surface area contributed by atoms with E-state index >= 15 is 0 Å². The highest BCUT2D eigenvalue weighted by Gasteiger charge is 2.30. The summed E-state index contributed by atoms with van der Waals surface area (Å²) in [5.41, 5.74) is 3.26. The average Bonchev–Trinajstić information content (AvgIpc) is 2.53. The highest BCUT2D eigenvalue weighted by molar-refractivity contribution is 5.48. The van der Waals surface area contributed by atoms with Crippen LogP contribution in [-0.2, 0) is 12.8 Å². The predicted octanol–water partition coefficient (Wildman–Crippen LogP) is 1.17. The van der Waals surface area contributed by atoms with Crippen molar-refractivity contribution in [3.63, 3.8) is 0 Å². The first-order chi connectivity index (χ1) is 11.0. The Bertz CT molecular complexity index is 729. The molecule has 0 aliphatic carbocycles. The van der Waals surface area contributed by atoms with Crippen LogP contribution in [0, 0.1) is 0 Å². The summed E-state index contributed by atoms with van der Waals surface area (Å²) in [5.74, 6) is 0.443. The lowest BCUT2D eigenvalue weighted by molar-refractivity contribution is -0.914. The lowest BCUT2D eigenvalue weighted by atomic mass is 9.88. The fraction of sp³-hybridized carbons (Fsp3) is 0.333. The quantitative estimate of drug-likeness (QED) is 0.641. The number of aromatic hydroxyl groups is 3. The zero-order valence-corrected chi connectivity index (χ0v) is 13.3. The molecule has 0 fully saturated rings. The molecular weight excluding hydrogens is 294 g/mol. The Morgan fingerprint density at radius 2 is 1.87 bits per heavy atom. The van der Waals surface area contributed by atoms with Gasteiger partial charge in [0.25, 0.3) is 0 Å². The Labute approximate surface area is 135 Å². The van der Waals surface area contributed by atoms with E-state index < -0.39 is 0 Å². The minimum absolute atomic E-state index is 0.103. The Balaban J connectivity index is 1.96. The molecule has 0 aromatic heterocycles. The Morgan fingerprint density at radius 1 is 1.09 bits per heavy atom. The van der Waals surface area contributed by atoms with E-state index in [1.807, 2.05) is 12.1 Å². The number of likely N-dealkylation sites (N-methyl/N-ethyl adjacent to an activating group) is 1. The van der Waals surface area contributed by atoms with E-state index in [0.717, 1.165) is 30.5 Å². The normalized spacial score (nSPS) is 20.1. The fourth-order valence-corrected chi connectivity index (χ4v) is 3.32. The summed E-state index contributed by atoms with van der Waals surface area (Å²) >= 11 is 0. The number of methoxy groups -OCH3 is 1. The molecule has 122 valence electrons. The van der Waals surface area contributed by atoms with Gasteiger partial charge in [-0.2, -0.15) is 0 Å². The second-order valence-electron chi connectivity index (χ2n) is 6.15. The van der Waals surface area contributed by atoms with Gasteiger partial charge in [0.2, 0.25) is 0 Å². The highest BCUT2D eigenvalue weighted by atomic mass is 16.5. The van der Waals surface area contributed by atoms with Crippen molar-refractivity contribution in [2.75, 3.05) is 20.7 Å². The second kappa shape index (κ2) is 6.01. The highest BCUT2D eigenvalue weighted by Crippen LogP contribution is 2.35. The van der Waals surface area contributed by atoms with Crippen molar-refractivity contribution >= 4 is 0 Å². The summed E-state index contributed by atoms with van der Waals surface area (Å²) in [7, 11) is 3.69. The summed E-state index contributed by atoms with van der Waals surface area (Å²) in [6.45, 7) is 0.996. The molecule has 2 atom stereocenters. The van der Waals surface area contributed by atoms with E-state index in [-0.39, 0.29) is 23.3 Å². The van der Waals surface area contributed by atoms with Crippen LogP contribution in [-0.4, -0.2) is 36.0 Å². The summed E-state index contributed by atoms with van der Waals surface area (Å²) in [5, 5.41) is 29.3. The largest absolute Gasteiger partial charge is 0.504 e. The van der Waals surface area contributed by atoms with Gasteiger partial charge in [-0.3, -0.25) is 0 Å². The van der Waals surface area contributed by atoms with Crippen LogP contribution >= 0.6 is 0 Å². The maximum absolute atomic E-state index is 10.1. The van der Waals surface area contributed by atoms with Crippen LogP contribution in [0.3, 0.4) is 0 Å². The topological polar surface area (TPSA) is 74.4 Å². The molecule has 1 heterocycles. The zero-order valence-electron chi connectivity index (χ0n) is 13.3. The first-order valence-corrected chi connectivity index (χ1v) is 7.72. The summed E-state index contributed by atoms with van der Waals surface area (Å²) in [4.78, 5) is 1.36. The molecule has 0 saturated heterocycles. The number of nitrogens with one attached hydrogen (secondary N) is 1. The third-order valence-electron chi connectivity index (χ3n) is 4.68. The van der Waals surface area contributed by atoms with Gasteiger partial charge in [-0.25, -0.2) is 0 Å². The van der Waals surface area contributed by atoms with Gasteiger partial charge in [-0.1, -0.05) is 6.07 Å². The monoisotopic (exact) mass is 316 g/mol. The molecule has 1 unspecified atom stereocenters. The van der Waals surface area contributed by atoms with Gasteiger partial charge >= 0.3 is 0 Å². The van der Waals surface area contributed by atoms with Gasteiger partial charge in [0, 0.05) is 18.4 Å². The van der Waals surface area contributed by atoms with E-state index in [2.05, 4.69) is 7.05 Å². The lowest BCUT2D eigenvalue weighted by Crippen LogP contribution is -3.10. The van der Waals surface area contributed by atoms with Gasteiger partial charge in [0.05, 0.1) is 20.7 Å². The second-order valence-corrected chi connectivity index (χ2v) is 6.15. The Kier molecular flexibility index (Phi) is 4.05. The number of benzene rings is 2. The first-order valence-electron chi connectivity index (χ1n) is 7.72. The molecule has 3 rings (SSSR count). The molecule has 2 aromatic rings. The van der Waals surface area contributed by atoms with Gasteiger partial charge in [0.15, 0.2) is 23.0 Å². The molecule has 0 spiro atoms. The predicted molar refractivity (Wildman–Crippen MR) is 86.3 cm³/mol. The van der Waals surface area contributed by atoms with Crippen LogP contribution < -0.4 is 9.64 Å². The van der Waals surface area contributed by atoms with Gasteiger partial charge in [-0.15, -0.1) is 0 Å². The van der Waals surface area contributed by atoms with Crippen molar-refractivity contribution in [2.24, 2.45) is 0 Å². The van der Waals surface area contributed by atoms with Crippen molar-refractivity contribution in [2.45, 2.75) is 18.9 Å². The van der Waals surface area contributed by atoms with Crippen LogP contribution in [0.2, 0.25) is 0 Å². The third-order valence-corrected chi connectivity index (χ3v) is 4.68. The maximum atomic E-state index is 10.1. The molecule has 4 N–H and O–H groups in total. The molecule has 0 amide bonds. The zero-order chi connectivity index (χ0) is 16.6. The van der Waals surface area contributed by atoms with Crippen molar-refractivity contribution in [1.82, 2.24) is 0 Å². The van der Waals surface area contributed by atoms with Crippen LogP contribution in [0.25, 0.3) is 0 Å². The van der Waals surface area contributed by atoms with Gasteiger partial charge in [-0.05, 0) is 35.4 Å². The SMILES string of the molecule is COc1cc2c(cc1O)[C@H](Cc1ccc(O)c(O)c1)[NH+](C)CC2. The number of ether oxygens (including phenoxy) is 1. The first kappa shape index (κ1) is 15.5. The third kappa shape index (κ3) is 2.92. The molecule has 0 saturated carbocycles. The number of quaternary nitrogens is 1. The lowest BCUT2D eigenvalue weighted by Gasteiger charge is -2.32. The number of phenolic OH excluding ortho intramolecular Hbond substituents is 3. The fourth-order valence-electron chi connectivity index (χ4n) is 3.32. The van der Waals surface area contributed by atoms with Crippen molar-refractivity contribution < 1.29 is 25.0 Å². The molecule has 1 aliphatic rings. The molecule has 23 heavy (non-hydrogen) atoms. The van der Waals surface area contributed by atoms with Gasteiger partial charge in [0.1, 0.15) is 6.04 Å². The Morgan fingerprint density at radius 3 is 2.57 bits per heavy atom. The van der Waals surface area contributed by atoms with Crippen LogP contribution in [0.1, 0.15) is 22.7 Å². The molecule has 5 nitrogen and oxygen atoms in total. The van der Waals surface area contributed by atoms with Crippen molar-refractivity contribution in [3.8, 4) is 23.0 Å². The van der Waals surface area contributed by atoms with Crippen LogP contribution in [0.4, 0.5) is 0 Å². The van der Waals surface area contributed by atoms with E-state index in [4.69, 9.17) is 4.74 Å². The van der Waals surface area contributed by atoms with E-state index in [1.54, 1.807) is 19.2 Å². The minimum atomic E-state index is -0.110. The summed E-state index contributed by atoms with van der Waals surface area (Å²) in [6, 6.07) is 8.81. The van der Waals surface area contributed by atoms with E-state index in [9.17, 15) is 15.3 Å². The number of hydrogen-bond acceptors (Lipinski definition) is 4. The Hall–Kier alpha value is -2.40. The summed E-state index contributed by atoms with van der Waals surface area (Å²) in [6.07, 6.45) is 1.66. The van der Waals surface area contributed by atoms with E-state index in [1.165, 1.54) is 16.5 Å². The van der Waals surface area contributed by atoms with Gasteiger partial charge < -0.3 is 25.0 Å². The molecule has 0 radical (unpaired) electrons. The van der Waals surface area contributed by atoms with Crippen LogP contribution in [0.15, 0.2) is 30.3 Å². The van der Waals surface area contributed by atoms with Crippen molar-refractivity contribution in [3.05, 3.63) is 47.0 Å². The molecule has 5 heteroatoms.